The molecule has 104 valence electrons. The molecular formula is C14H12F2N2OS. The monoisotopic (exact) mass is 294 g/mol. The predicted octanol–water partition coefficient (Wildman–Crippen LogP) is 3.68. The molecule has 1 aromatic carbocycles. The lowest BCUT2D eigenvalue weighted by molar-refractivity contribution is -0.117. The SMILES string of the molecule is CC1CC1C(=O)Nc1nc(-c2ccc(F)c(F)c2)cs1. The number of halogens is 2. The van der Waals surface area contributed by atoms with Crippen LogP contribution in [0.25, 0.3) is 11.3 Å². The number of amides is 1. The van der Waals surface area contributed by atoms with Gasteiger partial charge in [-0.3, -0.25) is 4.79 Å². The van der Waals surface area contributed by atoms with E-state index in [2.05, 4.69) is 10.3 Å². The molecule has 1 aliphatic rings. The number of hydrogen-bond acceptors (Lipinski definition) is 3. The minimum atomic E-state index is -0.909. The predicted molar refractivity (Wildman–Crippen MR) is 73.4 cm³/mol. The van der Waals surface area contributed by atoms with Crippen molar-refractivity contribution in [3.63, 3.8) is 0 Å². The molecule has 0 bridgehead atoms. The Kier molecular flexibility index (Phi) is 3.25. The first-order chi connectivity index (χ1) is 9.54. The molecule has 0 saturated heterocycles. The second kappa shape index (κ2) is 4.94. The molecule has 1 aliphatic carbocycles. The highest BCUT2D eigenvalue weighted by atomic mass is 32.1. The Hall–Kier alpha value is -1.82. The van der Waals surface area contributed by atoms with Gasteiger partial charge >= 0.3 is 0 Å². The highest BCUT2D eigenvalue weighted by Crippen LogP contribution is 2.38. The third-order valence-corrected chi connectivity index (χ3v) is 4.15. The fourth-order valence-corrected chi connectivity index (χ4v) is 2.73. The Balaban J connectivity index is 1.76. The number of nitrogens with one attached hydrogen (secondary N) is 1. The summed E-state index contributed by atoms with van der Waals surface area (Å²) in [7, 11) is 0. The van der Waals surface area contributed by atoms with Gasteiger partial charge in [-0.2, -0.15) is 0 Å². The first-order valence-corrected chi connectivity index (χ1v) is 7.14. The molecule has 1 amide bonds. The second-order valence-electron chi connectivity index (χ2n) is 4.98. The third-order valence-electron chi connectivity index (χ3n) is 3.40. The number of rotatable bonds is 3. The van der Waals surface area contributed by atoms with Gasteiger partial charge in [0.25, 0.3) is 0 Å². The first-order valence-electron chi connectivity index (χ1n) is 6.26. The average Bonchev–Trinajstić information content (AvgIpc) is 2.97. The minimum absolute atomic E-state index is 0.0244. The van der Waals surface area contributed by atoms with Gasteiger partial charge in [0.1, 0.15) is 0 Å². The van der Waals surface area contributed by atoms with E-state index in [9.17, 15) is 13.6 Å². The fourth-order valence-electron chi connectivity index (χ4n) is 2.00. The van der Waals surface area contributed by atoms with Crippen LogP contribution in [-0.4, -0.2) is 10.9 Å². The number of aromatic nitrogens is 1. The van der Waals surface area contributed by atoms with E-state index in [-0.39, 0.29) is 11.8 Å². The maximum Gasteiger partial charge on any atom is 0.229 e. The molecule has 6 heteroatoms. The van der Waals surface area contributed by atoms with Crippen LogP contribution in [0.1, 0.15) is 13.3 Å². The van der Waals surface area contributed by atoms with Crippen LogP contribution in [-0.2, 0) is 4.79 Å². The molecule has 2 aromatic rings. The van der Waals surface area contributed by atoms with Crippen molar-refractivity contribution in [1.82, 2.24) is 4.98 Å². The van der Waals surface area contributed by atoms with Crippen LogP contribution in [0.5, 0.6) is 0 Å². The summed E-state index contributed by atoms with van der Waals surface area (Å²) in [6.45, 7) is 2.03. The molecule has 3 nitrogen and oxygen atoms in total. The van der Waals surface area contributed by atoms with Crippen LogP contribution in [0.3, 0.4) is 0 Å². The molecular weight excluding hydrogens is 282 g/mol. The maximum absolute atomic E-state index is 13.2. The zero-order valence-electron chi connectivity index (χ0n) is 10.7. The molecule has 0 spiro atoms. The standard InChI is InChI=1S/C14H12F2N2OS/c1-7-4-9(7)13(19)18-14-17-12(6-20-14)8-2-3-10(15)11(16)5-8/h2-3,5-7,9H,4H2,1H3,(H,17,18,19). The number of hydrogen-bond donors (Lipinski definition) is 1. The van der Waals surface area contributed by atoms with Crippen LogP contribution in [0.2, 0.25) is 0 Å². The van der Waals surface area contributed by atoms with Crippen LogP contribution in [0, 0.1) is 23.5 Å². The van der Waals surface area contributed by atoms with Gasteiger partial charge in [0.05, 0.1) is 5.69 Å². The number of thiazole rings is 1. The lowest BCUT2D eigenvalue weighted by Gasteiger charge is -2.00. The Bertz CT molecular complexity index is 671. The highest BCUT2D eigenvalue weighted by molar-refractivity contribution is 7.14. The van der Waals surface area contributed by atoms with Crippen LogP contribution in [0.4, 0.5) is 13.9 Å². The summed E-state index contributed by atoms with van der Waals surface area (Å²) in [4.78, 5) is 16.0. The molecule has 2 unspecified atom stereocenters. The van der Waals surface area contributed by atoms with Crippen molar-refractivity contribution in [3.8, 4) is 11.3 Å². The van der Waals surface area contributed by atoms with Gasteiger partial charge in [0.15, 0.2) is 16.8 Å². The van der Waals surface area contributed by atoms with E-state index in [1.807, 2.05) is 6.92 Å². The summed E-state index contributed by atoms with van der Waals surface area (Å²) in [5.41, 5.74) is 1.01. The lowest BCUT2D eigenvalue weighted by Crippen LogP contribution is -2.14. The van der Waals surface area contributed by atoms with Crippen molar-refractivity contribution in [3.05, 3.63) is 35.2 Å². The number of carbonyl (C=O) groups is 1. The smallest absolute Gasteiger partial charge is 0.229 e. The summed E-state index contributed by atoms with van der Waals surface area (Å²) in [6.07, 6.45) is 0.910. The lowest BCUT2D eigenvalue weighted by atomic mass is 10.2. The molecule has 0 radical (unpaired) electrons. The largest absolute Gasteiger partial charge is 0.302 e. The first kappa shape index (κ1) is 13.2. The van der Waals surface area contributed by atoms with Crippen LogP contribution < -0.4 is 5.32 Å². The summed E-state index contributed by atoms with van der Waals surface area (Å²) >= 11 is 1.27. The van der Waals surface area contributed by atoms with Gasteiger partial charge in [-0.1, -0.05) is 6.92 Å². The number of benzene rings is 1. The zero-order valence-corrected chi connectivity index (χ0v) is 11.5. The van der Waals surface area contributed by atoms with E-state index >= 15 is 0 Å². The summed E-state index contributed by atoms with van der Waals surface area (Å²) in [5.74, 6) is -1.32. The molecule has 1 heterocycles. The number of nitrogens with zero attached hydrogens (tertiary/aromatic N) is 1. The van der Waals surface area contributed by atoms with Crippen molar-refractivity contribution >= 4 is 22.4 Å². The van der Waals surface area contributed by atoms with Crippen LogP contribution >= 0.6 is 11.3 Å². The van der Waals surface area contributed by atoms with E-state index in [1.165, 1.54) is 17.4 Å². The third kappa shape index (κ3) is 2.56. The van der Waals surface area contributed by atoms with Crippen molar-refractivity contribution < 1.29 is 13.6 Å². The van der Waals surface area contributed by atoms with Gasteiger partial charge in [0.2, 0.25) is 5.91 Å². The normalized spacial score (nSPS) is 20.8. The van der Waals surface area contributed by atoms with Crippen molar-refractivity contribution in [2.24, 2.45) is 11.8 Å². The number of anilines is 1. The van der Waals surface area contributed by atoms with Gasteiger partial charge in [0, 0.05) is 16.9 Å². The quantitative estimate of drug-likeness (QED) is 0.938. The summed E-state index contributed by atoms with van der Waals surface area (Å²) in [5, 5.41) is 4.94. The second-order valence-corrected chi connectivity index (χ2v) is 5.83. The fraction of sp³-hybridized carbons (Fsp3) is 0.286. The molecule has 1 aromatic heterocycles. The van der Waals surface area contributed by atoms with Gasteiger partial charge in [-0.05, 0) is 30.5 Å². The van der Waals surface area contributed by atoms with Crippen molar-refractivity contribution in [2.45, 2.75) is 13.3 Å². The van der Waals surface area contributed by atoms with E-state index < -0.39 is 11.6 Å². The van der Waals surface area contributed by atoms with E-state index in [4.69, 9.17) is 0 Å². The number of carbonyl (C=O) groups excluding carboxylic acids is 1. The zero-order chi connectivity index (χ0) is 14.3. The minimum Gasteiger partial charge on any atom is -0.302 e. The molecule has 0 aliphatic heterocycles. The van der Waals surface area contributed by atoms with Crippen molar-refractivity contribution in [1.29, 1.82) is 0 Å². The molecule has 20 heavy (non-hydrogen) atoms. The summed E-state index contributed by atoms with van der Waals surface area (Å²) in [6, 6.07) is 3.62. The summed E-state index contributed by atoms with van der Waals surface area (Å²) < 4.78 is 26.0. The van der Waals surface area contributed by atoms with E-state index in [0.29, 0.717) is 22.3 Å². The maximum atomic E-state index is 13.2. The Morgan fingerprint density at radius 1 is 1.40 bits per heavy atom. The van der Waals surface area contributed by atoms with Gasteiger partial charge in [-0.25, -0.2) is 13.8 Å². The molecule has 1 saturated carbocycles. The Morgan fingerprint density at radius 2 is 2.15 bits per heavy atom. The Morgan fingerprint density at radius 3 is 2.80 bits per heavy atom. The molecule has 2 atom stereocenters. The average molecular weight is 294 g/mol. The van der Waals surface area contributed by atoms with E-state index in [1.54, 1.807) is 5.38 Å². The topological polar surface area (TPSA) is 42.0 Å². The van der Waals surface area contributed by atoms with Gasteiger partial charge < -0.3 is 5.32 Å². The van der Waals surface area contributed by atoms with Gasteiger partial charge in [-0.15, -0.1) is 11.3 Å². The van der Waals surface area contributed by atoms with Crippen molar-refractivity contribution in [2.75, 3.05) is 5.32 Å². The Labute approximate surface area is 118 Å². The highest BCUT2D eigenvalue weighted by Gasteiger charge is 2.39. The molecule has 1 fully saturated rings. The molecule has 1 N–H and O–H groups in total. The van der Waals surface area contributed by atoms with E-state index in [0.717, 1.165) is 18.6 Å². The molecule has 3 rings (SSSR count). The van der Waals surface area contributed by atoms with Crippen LogP contribution in [0.15, 0.2) is 23.6 Å².